The molecule has 4 nitrogen and oxygen atoms in total. The minimum Gasteiger partial charge on any atom is -0.384 e. The maximum atomic E-state index is 13.6. The molecule has 0 aliphatic heterocycles. The second-order valence-electron chi connectivity index (χ2n) is 4.04. The second-order valence-corrected chi connectivity index (χ2v) is 5.60. The van der Waals surface area contributed by atoms with Gasteiger partial charge in [0.05, 0.1) is 5.56 Å². The fraction of sp³-hybridized carbons (Fsp3) is 0.357. The Kier molecular flexibility index (Phi) is 6.91. The fourth-order valence-corrected chi connectivity index (χ4v) is 2.04. The molecule has 0 heterocycles. The molecule has 0 aliphatic carbocycles. The van der Waals surface area contributed by atoms with Crippen LogP contribution in [-0.2, 0) is 10.8 Å². The van der Waals surface area contributed by atoms with E-state index in [-0.39, 0.29) is 12.2 Å². The largest absolute Gasteiger partial charge is 0.384 e. The first-order valence-electron chi connectivity index (χ1n) is 6.02. The van der Waals surface area contributed by atoms with Crippen molar-refractivity contribution in [2.75, 3.05) is 25.2 Å². The number of aliphatic hydroxyl groups is 1. The van der Waals surface area contributed by atoms with Crippen LogP contribution < -0.4 is 5.32 Å². The highest BCUT2D eigenvalue weighted by atomic mass is 32.2. The molecule has 0 aliphatic rings. The lowest BCUT2D eigenvalue weighted by molar-refractivity contribution is 0.0949. The van der Waals surface area contributed by atoms with Gasteiger partial charge in [-0.3, -0.25) is 9.00 Å². The van der Waals surface area contributed by atoms with E-state index < -0.39 is 22.5 Å². The lowest BCUT2D eigenvalue weighted by Crippen LogP contribution is -2.26. The van der Waals surface area contributed by atoms with Crippen molar-refractivity contribution in [3.8, 4) is 11.8 Å². The highest BCUT2D eigenvalue weighted by Crippen LogP contribution is 2.10. The van der Waals surface area contributed by atoms with Gasteiger partial charge in [0.25, 0.3) is 5.91 Å². The molecule has 0 radical (unpaired) electrons. The summed E-state index contributed by atoms with van der Waals surface area (Å²) >= 11 is 0. The van der Waals surface area contributed by atoms with Crippen molar-refractivity contribution in [1.82, 2.24) is 5.32 Å². The number of carbonyl (C=O) groups excluding carboxylic acids is 1. The van der Waals surface area contributed by atoms with Gasteiger partial charge in [-0.25, -0.2) is 4.39 Å². The summed E-state index contributed by atoms with van der Waals surface area (Å²) in [5.41, 5.74) is 0.368. The van der Waals surface area contributed by atoms with Crippen molar-refractivity contribution < 1.29 is 18.5 Å². The van der Waals surface area contributed by atoms with Crippen molar-refractivity contribution in [2.45, 2.75) is 6.42 Å². The summed E-state index contributed by atoms with van der Waals surface area (Å²) in [5.74, 6) is 4.38. The molecule has 2 N–H and O–H groups in total. The van der Waals surface area contributed by atoms with Crippen molar-refractivity contribution in [3.63, 3.8) is 0 Å². The van der Waals surface area contributed by atoms with E-state index in [0.717, 1.165) is 6.07 Å². The van der Waals surface area contributed by atoms with Crippen molar-refractivity contribution >= 4 is 16.7 Å². The molecule has 0 spiro atoms. The molecule has 0 saturated carbocycles. The van der Waals surface area contributed by atoms with Crippen LogP contribution in [0.4, 0.5) is 4.39 Å². The molecule has 20 heavy (non-hydrogen) atoms. The van der Waals surface area contributed by atoms with Gasteiger partial charge < -0.3 is 10.4 Å². The summed E-state index contributed by atoms with van der Waals surface area (Å²) in [6, 6.07) is 3.94. The average Bonchev–Trinajstić information content (AvgIpc) is 2.42. The first-order valence-corrected chi connectivity index (χ1v) is 7.75. The zero-order valence-electron chi connectivity index (χ0n) is 11.1. The Morgan fingerprint density at radius 3 is 2.90 bits per heavy atom. The van der Waals surface area contributed by atoms with Crippen LogP contribution in [0.15, 0.2) is 18.2 Å². The Labute approximate surface area is 119 Å². The Balaban J connectivity index is 2.69. The van der Waals surface area contributed by atoms with Crippen LogP contribution in [0.3, 0.4) is 0 Å². The van der Waals surface area contributed by atoms with E-state index in [0.29, 0.717) is 24.3 Å². The molecule has 1 unspecified atom stereocenters. The molecule has 0 fully saturated rings. The van der Waals surface area contributed by atoms with Gasteiger partial charge in [0.1, 0.15) is 12.4 Å². The van der Waals surface area contributed by atoms with Crippen LogP contribution in [0, 0.1) is 17.7 Å². The van der Waals surface area contributed by atoms with Gasteiger partial charge in [0.2, 0.25) is 0 Å². The number of carbonyl (C=O) groups is 1. The van der Waals surface area contributed by atoms with Crippen molar-refractivity contribution in [3.05, 3.63) is 35.1 Å². The van der Waals surface area contributed by atoms with Gasteiger partial charge in [0.15, 0.2) is 0 Å². The van der Waals surface area contributed by atoms with Gasteiger partial charge in [0, 0.05) is 34.9 Å². The molecule has 6 heteroatoms. The topological polar surface area (TPSA) is 66.4 Å². The zero-order valence-corrected chi connectivity index (χ0v) is 11.9. The Morgan fingerprint density at radius 1 is 1.50 bits per heavy atom. The summed E-state index contributed by atoms with van der Waals surface area (Å²) in [6.07, 6.45) is 2.16. The van der Waals surface area contributed by atoms with E-state index in [4.69, 9.17) is 5.11 Å². The third-order valence-electron chi connectivity index (χ3n) is 2.42. The predicted molar refractivity (Wildman–Crippen MR) is 76.2 cm³/mol. The predicted octanol–water partition coefficient (Wildman–Crippen LogP) is 0.668. The third kappa shape index (κ3) is 5.51. The van der Waals surface area contributed by atoms with Crippen LogP contribution in [0.2, 0.25) is 0 Å². The normalized spacial score (nSPS) is 11.3. The van der Waals surface area contributed by atoms with Gasteiger partial charge in [-0.05, 0) is 24.6 Å². The van der Waals surface area contributed by atoms with E-state index in [1.807, 2.05) is 0 Å². The van der Waals surface area contributed by atoms with Crippen LogP contribution >= 0.6 is 0 Å². The van der Waals surface area contributed by atoms with Crippen LogP contribution in [0.25, 0.3) is 0 Å². The third-order valence-corrected chi connectivity index (χ3v) is 3.28. The molecule has 1 amide bonds. The number of rotatable bonds is 5. The number of halogens is 1. The van der Waals surface area contributed by atoms with Crippen molar-refractivity contribution in [1.29, 1.82) is 0 Å². The molecule has 0 saturated heterocycles. The molecule has 1 atom stereocenters. The summed E-state index contributed by atoms with van der Waals surface area (Å²) in [7, 11) is -0.904. The van der Waals surface area contributed by atoms with Crippen LogP contribution in [0.1, 0.15) is 22.3 Å². The Bertz CT molecular complexity index is 563. The van der Waals surface area contributed by atoms with Crippen LogP contribution in [0.5, 0.6) is 0 Å². The lowest BCUT2D eigenvalue weighted by Gasteiger charge is -2.06. The Hall–Kier alpha value is -1.71. The number of hydrogen-bond acceptors (Lipinski definition) is 3. The van der Waals surface area contributed by atoms with Crippen molar-refractivity contribution in [2.24, 2.45) is 0 Å². The standard InChI is InChI=1S/C14H16FNO3S/c1-20(19)9-3-7-16-14(18)12-10-11(4-2-8-17)5-6-13(12)15/h5-6,10,17H,3,7-9H2,1H3,(H,16,18). The highest BCUT2D eigenvalue weighted by molar-refractivity contribution is 7.84. The highest BCUT2D eigenvalue weighted by Gasteiger charge is 2.11. The second kappa shape index (κ2) is 8.46. The van der Waals surface area contributed by atoms with Gasteiger partial charge in [-0.2, -0.15) is 0 Å². The molecule has 1 aromatic rings. The van der Waals surface area contributed by atoms with E-state index in [9.17, 15) is 13.4 Å². The van der Waals surface area contributed by atoms with Gasteiger partial charge in [-0.15, -0.1) is 0 Å². The molecular formula is C14H16FNO3S. The van der Waals surface area contributed by atoms with E-state index >= 15 is 0 Å². The van der Waals surface area contributed by atoms with E-state index in [1.54, 1.807) is 6.26 Å². The quantitative estimate of drug-likeness (QED) is 0.620. The smallest absolute Gasteiger partial charge is 0.254 e. The number of aliphatic hydroxyl groups excluding tert-OH is 1. The first kappa shape index (κ1) is 16.3. The Morgan fingerprint density at radius 2 is 2.25 bits per heavy atom. The van der Waals surface area contributed by atoms with Gasteiger partial charge >= 0.3 is 0 Å². The first-order chi connectivity index (χ1) is 9.54. The molecule has 1 aromatic carbocycles. The maximum absolute atomic E-state index is 13.6. The lowest BCUT2D eigenvalue weighted by atomic mass is 10.1. The monoisotopic (exact) mass is 297 g/mol. The van der Waals surface area contributed by atoms with Gasteiger partial charge in [-0.1, -0.05) is 11.8 Å². The van der Waals surface area contributed by atoms with E-state index in [1.165, 1.54) is 12.1 Å². The fourth-order valence-electron chi connectivity index (χ4n) is 1.49. The molecule has 1 rings (SSSR count). The molecule has 0 bridgehead atoms. The van der Waals surface area contributed by atoms with Crippen LogP contribution in [-0.4, -0.2) is 40.4 Å². The number of amides is 1. The molecular weight excluding hydrogens is 281 g/mol. The minimum absolute atomic E-state index is 0.0904. The number of nitrogens with one attached hydrogen (secondary N) is 1. The maximum Gasteiger partial charge on any atom is 0.254 e. The summed E-state index contributed by atoms with van der Waals surface area (Å²) in [5, 5.41) is 11.2. The SMILES string of the molecule is CS(=O)CCCNC(=O)c1cc(C#CCO)ccc1F. The average molecular weight is 297 g/mol. The molecule has 108 valence electrons. The summed E-state index contributed by atoms with van der Waals surface area (Å²) < 4.78 is 24.4. The summed E-state index contributed by atoms with van der Waals surface area (Å²) in [4.78, 5) is 11.8. The summed E-state index contributed by atoms with van der Waals surface area (Å²) in [6.45, 7) is 0.0391. The number of benzene rings is 1. The zero-order chi connectivity index (χ0) is 15.0. The minimum atomic E-state index is -0.904. The van der Waals surface area contributed by atoms with E-state index in [2.05, 4.69) is 17.2 Å². The molecule has 0 aromatic heterocycles. The number of hydrogen-bond donors (Lipinski definition) is 2.